The van der Waals surface area contributed by atoms with Crippen LogP contribution in [0, 0.1) is 0 Å². The number of aromatic nitrogens is 4. The zero-order valence-electron chi connectivity index (χ0n) is 15.1. The second-order valence-corrected chi connectivity index (χ2v) is 6.31. The number of thiophene rings is 1. The first kappa shape index (κ1) is 18.6. The summed E-state index contributed by atoms with van der Waals surface area (Å²) in [4.78, 5) is 12.7. The Hall–Kier alpha value is -3.14. The molecule has 3 rings (SSSR count). The van der Waals surface area contributed by atoms with Gasteiger partial charge in [0.15, 0.2) is 11.5 Å². The Morgan fingerprint density at radius 2 is 1.96 bits per heavy atom. The van der Waals surface area contributed by atoms with Crippen LogP contribution in [0.1, 0.15) is 18.0 Å². The van der Waals surface area contributed by atoms with Crippen LogP contribution in [0.2, 0.25) is 0 Å². The number of benzene rings is 1. The maximum atomic E-state index is 12.7. The van der Waals surface area contributed by atoms with Crippen LogP contribution in [0.15, 0.2) is 35.3 Å². The largest absolute Gasteiger partial charge is 0.493 e. The maximum Gasteiger partial charge on any atom is 0.226 e. The zero-order chi connectivity index (χ0) is 19.2. The van der Waals surface area contributed by atoms with Crippen LogP contribution in [-0.4, -0.2) is 47.4 Å². The van der Waals surface area contributed by atoms with Crippen LogP contribution in [0.25, 0.3) is 0 Å². The number of anilines is 1. The molecule has 2 aromatic heterocycles. The number of hydrogen-bond donors (Lipinski definition) is 1. The summed E-state index contributed by atoms with van der Waals surface area (Å²) in [5.41, 5.74) is 1.50. The Morgan fingerprint density at radius 1 is 1.22 bits per heavy atom. The smallest absolute Gasteiger partial charge is 0.226 e. The Bertz CT molecular complexity index is 824. The van der Waals surface area contributed by atoms with Crippen LogP contribution in [0.4, 0.5) is 5.69 Å². The van der Waals surface area contributed by atoms with Crippen molar-refractivity contribution in [3.8, 4) is 17.2 Å². The lowest BCUT2D eigenvalue weighted by atomic mass is 10.1. The highest BCUT2D eigenvalue weighted by molar-refractivity contribution is 7.08. The van der Waals surface area contributed by atoms with Crippen LogP contribution in [0.5, 0.6) is 17.2 Å². The van der Waals surface area contributed by atoms with E-state index < -0.39 is 0 Å². The Morgan fingerprint density at radius 3 is 2.48 bits per heavy atom. The van der Waals surface area contributed by atoms with Crippen molar-refractivity contribution in [2.45, 2.75) is 12.5 Å². The fourth-order valence-corrected chi connectivity index (χ4v) is 3.39. The van der Waals surface area contributed by atoms with E-state index in [1.54, 1.807) is 28.2 Å². The number of rotatable bonds is 8. The van der Waals surface area contributed by atoms with Crippen molar-refractivity contribution < 1.29 is 19.0 Å². The number of amides is 1. The van der Waals surface area contributed by atoms with Gasteiger partial charge in [-0.2, -0.15) is 11.3 Å². The third kappa shape index (κ3) is 4.17. The molecule has 0 unspecified atom stereocenters. The van der Waals surface area contributed by atoms with Crippen molar-refractivity contribution in [3.05, 3.63) is 40.8 Å². The van der Waals surface area contributed by atoms with E-state index in [1.807, 2.05) is 16.8 Å². The summed E-state index contributed by atoms with van der Waals surface area (Å²) in [5.74, 6) is 1.18. The van der Waals surface area contributed by atoms with E-state index in [0.717, 1.165) is 5.56 Å². The number of nitrogens with one attached hydrogen (secondary N) is 1. The average Bonchev–Trinajstić information content (AvgIpc) is 3.39. The molecule has 0 bridgehead atoms. The molecule has 0 spiro atoms. The van der Waals surface area contributed by atoms with Gasteiger partial charge in [0, 0.05) is 17.8 Å². The Balaban J connectivity index is 1.80. The fraction of sp³-hybridized carbons (Fsp3) is 0.294. The van der Waals surface area contributed by atoms with Gasteiger partial charge < -0.3 is 19.5 Å². The maximum absolute atomic E-state index is 12.7. The lowest BCUT2D eigenvalue weighted by Gasteiger charge is -2.17. The van der Waals surface area contributed by atoms with E-state index in [2.05, 4.69) is 20.8 Å². The van der Waals surface area contributed by atoms with E-state index in [1.165, 1.54) is 27.7 Å². The Kier molecular flexibility index (Phi) is 5.87. The number of methoxy groups -OCH3 is 3. The van der Waals surface area contributed by atoms with Gasteiger partial charge in [-0.1, -0.05) is 0 Å². The minimum Gasteiger partial charge on any atom is -0.493 e. The van der Waals surface area contributed by atoms with E-state index in [4.69, 9.17) is 14.2 Å². The second-order valence-electron chi connectivity index (χ2n) is 5.53. The topological polar surface area (TPSA) is 100 Å². The third-order valence-electron chi connectivity index (χ3n) is 3.94. The van der Waals surface area contributed by atoms with Crippen LogP contribution in [0.3, 0.4) is 0 Å². The number of hydrogen-bond acceptors (Lipinski definition) is 8. The molecule has 1 amide bonds. The summed E-state index contributed by atoms with van der Waals surface area (Å²) < 4.78 is 17.5. The van der Waals surface area contributed by atoms with Gasteiger partial charge in [0.1, 0.15) is 6.33 Å². The second kappa shape index (κ2) is 8.49. The average molecular weight is 389 g/mol. The number of ether oxygens (including phenoxy) is 3. The standard InChI is InChI=1S/C17H19N5O4S/c1-24-14-6-12(7-15(25-2)17(14)26-3)19-16(23)8-13(11-4-5-27-9-11)22-10-18-20-21-22/h4-7,9-10,13H,8H2,1-3H3,(H,19,23)/t13-/m0/s1. The van der Waals surface area contributed by atoms with Gasteiger partial charge in [0.2, 0.25) is 11.7 Å². The van der Waals surface area contributed by atoms with Gasteiger partial charge in [-0.3, -0.25) is 4.79 Å². The van der Waals surface area contributed by atoms with E-state index in [-0.39, 0.29) is 18.4 Å². The summed E-state index contributed by atoms with van der Waals surface area (Å²) in [6.45, 7) is 0. The molecule has 10 heteroatoms. The molecule has 2 heterocycles. The molecular weight excluding hydrogens is 370 g/mol. The number of carbonyl (C=O) groups is 1. The van der Waals surface area contributed by atoms with Crippen LogP contribution >= 0.6 is 11.3 Å². The first-order valence-electron chi connectivity index (χ1n) is 8.00. The highest BCUT2D eigenvalue weighted by Crippen LogP contribution is 2.40. The van der Waals surface area contributed by atoms with Gasteiger partial charge in [0.05, 0.1) is 33.8 Å². The highest BCUT2D eigenvalue weighted by atomic mass is 32.1. The summed E-state index contributed by atoms with van der Waals surface area (Å²) in [7, 11) is 4.57. The SMILES string of the molecule is COc1cc(NC(=O)C[C@@H](c2ccsc2)n2cnnn2)cc(OC)c1OC. The number of carbonyl (C=O) groups excluding carboxylic acids is 1. The molecule has 1 aromatic carbocycles. The predicted molar refractivity (Wildman–Crippen MR) is 99.6 cm³/mol. The van der Waals surface area contributed by atoms with Gasteiger partial charge in [-0.05, 0) is 32.8 Å². The fourth-order valence-electron chi connectivity index (χ4n) is 2.68. The number of tetrazole rings is 1. The molecule has 9 nitrogen and oxygen atoms in total. The van der Waals surface area contributed by atoms with E-state index in [9.17, 15) is 4.79 Å². The quantitative estimate of drug-likeness (QED) is 0.631. The first-order chi connectivity index (χ1) is 13.2. The Labute approximate surface area is 159 Å². The minimum atomic E-state index is -0.298. The summed E-state index contributed by atoms with van der Waals surface area (Å²) in [6.07, 6.45) is 1.66. The molecule has 27 heavy (non-hydrogen) atoms. The van der Waals surface area contributed by atoms with Gasteiger partial charge in [-0.25, -0.2) is 4.68 Å². The molecule has 0 radical (unpaired) electrons. The zero-order valence-corrected chi connectivity index (χ0v) is 15.9. The molecular formula is C17H19N5O4S. The minimum absolute atomic E-state index is 0.165. The molecule has 1 N–H and O–H groups in total. The number of nitrogens with zero attached hydrogens (tertiary/aromatic N) is 4. The van der Waals surface area contributed by atoms with E-state index >= 15 is 0 Å². The van der Waals surface area contributed by atoms with Gasteiger partial charge >= 0.3 is 0 Å². The van der Waals surface area contributed by atoms with Crippen molar-refractivity contribution >= 4 is 22.9 Å². The van der Waals surface area contributed by atoms with E-state index in [0.29, 0.717) is 22.9 Å². The monoisotopic (exact) mass is 389 g/mol. The van der Waals surface area contributed by atoms with Crippen LogP contribution < -0.4 is 19.5 Å². The van der Waals surface area contributed by atoms with Gasteiger partial charge in [0.25, 0.3) is 0 Å². The lowest BCUT2D eigenvalue weighted by Crippen LogP contribution is -2.20. The molecule has 0 aliphatic heterocycles. The summed E-state index contributed by atoms with van der Waals surface area (Å²) in [6, 6.07) is 5.00. The summed E-state index contributed by atoms with van der Waals surface area (Å²) >= 11 is 1.55. The molecule has 1 atom stereocenters. The van der Waals surface area contributed by atoms with Crippen molar-refractivity contribution in [2.24, 2.45) is 0 Å². The highest BCUT2D eigenvalue weighted by Gasteiger charge is 2.21. The van der Waals surface area contributed by atoms with Crippen LogP contribution in [-0.2, 0) is 4.79 Å². The molecule has 0 fully saturated rings. The molecule has 142 valence electrons. The van der Waals surface area contributed by atoms with Gasteiger partial charge in [-0.15, -0.1) is 5.10 Å². The van der Waals surface area contributed by atoms with Crippen molar-refractivity contribution in [1.29, 1.82) is 0 Å². The summed E-state index contributed by atoms with van der Waals surface area (Å²) in [5, 5.41) is 18.0. The normalized spacial score (nSPS) is 11.7. The molecule has 0 aliphatic carbocycles. The molecule has 3 aromatic rings. The lowest BCUT2D eigenvalue weighted by molar-refractivity contribution is -0.116. The predicted octanol–water partition coefficient (Wildman–Crippen LogP) is 2.38. The first-order valence-corrected chi connectivity index (χ1v) is 8.95. The molecule has 0 aliphatic rings. The molecule has 0 saturated heterocycles. The third-order valence-corrected chi connectivity index (χ3v) is 4.64. The molecule has 0 saturated carbocycles. The van der Waals surface area contributed by atoms with Crippen molar-refractivity contribution in [3.63, 3.8) is 0 Å². The van der Waals surface area contributed by atoms with Crippen molar-refractivity contribution in [1.82, 2.24) is 20.2 Å². The van der Waals surface area contributed by atoms with Crippen molar-refractivity contribution in [2.75, 3.05) is 26.6 Å².